The normalized spacial score (nSPS) is 10.1. The Morgan fingerprint density at radius 1 is 1.18 bits per heavy atom. The van der Waals surface area contributed by atoms with Gasteiger partial charge in [-0.2, -0.15) is 5.26 Å². The minimum atomic E-state index is -0.980. The minimum absolute atomic E-state index is 0.205. The van der Waals surface area contributed by atoms with Crippen molar-refractivity contribution in [3.63, 3.8) is 0 Å². The van der Waals surface area contributed by atoms with Crippen molar-refractivity contribution in [3.8, 4) is 6.07 Å². The van der Waals surface area contributed by atoms with Gasteiger partial charge in [-0.15, -0.1) is 0 Å². The van der Waals surface area contributed by atoms with Crippen molar-refractivity contribution in [1.82, 2.24) is 9.38 Å². The molecule has 0 radical (unpaired) electrons. The Bertz CT molecular complexity index is 1140. The standard InChI is InChI=1S/C20H15N5O2.2C2H6.CH5N/c1-13-19(25-10-8-14(12-21)11-18(25)24-13)17(22-2)7-9-23-16-5-3-15(4-6-16)20(26)27;3*1-2/h3-11H,2H2,1H3,(H,26,27);2*1-2H3;2H2,1H3/b17-7-,23-9?;;;. The Hall–Kier alpha value is -4.09. The first-order chi connectivity index (χ1) is 16.0. The van der Waals surface area contributed by atoms with E-state index in [1.165, 1.54) is 19.2 Å². The molecule has 33 heavy (non-hydrogen) atoms. The van der Waals surface area contributed by atoms with Crippen LogP contribution in [0.3, 0.4) is 0 Å². The Kier molecular flexibility index (Phi) is 13.7. The van der Waals surface area contributed by atoms with Crippen molar-refractivity contribution < 1.29 is 9.90 Å². The molecule has 0 spiro atoms. The first-order valence-electron chi connectivity index (χ1n) is 10.5. The fourth-order valence-corrected chi connectivity index (χ4v) is 2.63. The number of benzene rings is 1. The number of carboxylic acid groups (broad SMARTS) is 1. The third-order valence-electron chi connectivity index (χ3n) is 3.91. The number of nitrogens with zero attached hydrogens (tertiary/aromatic N) is 5. The summed E-state index contributed by atoms with van der Waals surface area (Å²) >= 11 is 0. The summed E-state index contributed by atoms with van der Waals surface area (Å²) in [7, 11) is 1.50. The average Bonchev–Trinajstić information content (AvgIpc) is 3.20. The maximum atomic E-state index is 10.9. The molecule has 2 heterocycles. The van der Waals surface area contributed by atoms with Gasteiger partial charge in [-0.25, -0.2) is 9.78 Å². The van der Waals surface area contributed by atoms with Gasteiger partial charge < -0.3 is 10.8 Å². The van der Waals surface area contributed by atoms with Crippen LogP contribution in [-0.4, -0.2) is 40.4 Å². The predicted octanol–water partition coefficient (Wildman–Crippen LogP) is 5.28. The highest BCUT2D eigenvalue weighted by Crippen LogP contribution is 2.22. The number of hydrogen-bond donors (Lipinski definition) is 2. The van der Waals surface area contributed by atoms with Gasteiger partial charge in [-0.3, -0.25) is 14.4 Å². The van der Waals surface area contributed by atoms with Gasteiger partial charge in [0.2, 0.25) is 0 Å². The first-order valence-corrected chi connectivity index (χ1v) is 10.5. The molecule has 1 aromatic carbocycles. The number of nitrogens with two attached hydrogens (primary N) is 1. The van der Waals surface area contributed by atoms with E-state index >= 15 is 0 Å². The highest BCUT2D eigenvalue weighted by atomic mass is 16.4. The number of allylic oxidation sites excluding steroid dienone is 1. The lowest BCUT2D eigenvalue weighted by atomic mass is 10.2. The maximum Gasteiger partial charge on any atom is 0.335 e. The van der Waals surface area contributed by atoms with E-state index in [1.807, 2.05) is 39.0 Å². The van der Waals surface area contributed by atoms with Gasteiger partial charge >= 0.3 is 5.97 Å². The van der Waals surface area contributed by atoms with Crippen LogP contribution in [0, 0.1) is 18.3 Å². The fourth-order valence-electron chi connectivity index (χ4n) is 2.63. The highest BCUT2D eigenvalue weighted by Gasteiger charge is 2.12. The molecule has 0 aliphatic heterocycles. The SMILES string of the molecule is C=N/C(=C\C=Nc1ccc(C(=O)O)cc1)c1c(C)nc2cc(C#N)ccn12.CC.CC.CN. The Labute approximate surface area is 195 Å². The molecule has 3 aromatic rings. The number of aromatic nitrogens is 2. The lowest BCUT2D eigenvalue weighted by Crippen LogP contribution is -1.94. The summed E-state index contributed by atoms with van der Waals surface area (Å²) < 4.78 is 1.84. The summed E-state index contributed by atoms with van der Waals surface area (Å²) in [6.45, 7) is 13.5. The van der Waals surface area contributed by atoms with Crippen molar-refractivity contribution in [1.29, 1.82) is 5.26 Å². The van der Waals surface area contributed by atoms with Gasteiger partial charge in [0.05, 0.1) is 40.0 Å². The van der Waals surface area contributed by atoms with Crippen molar-refractivity contribution in [2.45, 2.75) is 34.6 Å². The number of nitriles is 1. The largest absolute Gasteiger partial charge is 0.478 e. The molecule has 0 aliphatic rings. The third kappa shape index (κ3) is 7.83. The lowest BCUT2D eigenvalue weighted by molar-refractivity contribution is 0.0697. The van der Waals surface area contributed by atoms with E-state index in [0.717, 1.165) is 11.4 Å². The summed E-state index contributed by atoms with van der Waals surface area (Å²) in [5.74, 6) is -0.980. The van der Waals surface area contributed by atoms with E-state index in [-0.39, 0.29) is 5.56 Å². The summed E-state index contributed by atoms with van der Waals surface area (Å²) in [6.07, 6.45) is 5.04. The smallest absolute Gasteiger partial charge is 0.335 e. The molecule has 3 N–H and O–H groups in total. The molecule has 0 amide bonds. The van der Waals surface area contributed by atoms with E-state index in [4.69, 9.17) is 10.4 Å². The molecule has 2 aromatic heterocycles. The number of rotatable bonds is 5. The molecular formula is C25H32N6O2. The van der Waals surface area contributed by atoms with Crippen LogP contribution in [-0.2, 0) is 0 Å². The van der Waals surface area contributed by atoms with E-state index in [1.54, 1.807) is 42.8 Å². The first kappa shape index (κ1) is 28.9. The van der Waals surface area contributed by atoms with Gasteiger partial charge in [-0.05, 0) is 63.2 Å². The molecule has 3 rings (SSSR count). The van der Waals surface area contributed by atoms with Crippen LogP contribution in [0.5, 0.6) is 0 Å². The third-order valence-corrected chi connectivity index (χ3v) is 3.91. The molecule has 0 bridgehead atoms. The van der Waals surface area contributed by atoms with Crippen LogP contribution < -0.4 is 5.73 Å². The average molecular weight is 449 g/mol. The number of fused-ring (bicyclic) bond motifs is 1. The summed E-state index contributed by atoms with van der Waals surface area (Å²) in [5, 5.41) is 17.9. The summed E-state index contributed by atoms with van der Waals surface area (Å²) in [6, 6.07) is 11.7. The van der Waals surface area contributed by atoms with Crippen LogP contribution in [0.2, 0.25) is 0 Å². The quantitative estimate of drug-likeness (QED) is 0.513. The number of imidazole rings is 1. The summed E-state index contributed by atoms with van der Waals surface area (Å²) in [4.78, 5) is 23.7. The molecule has 0 saturated heterocycles. The fraction of sp³-hybridized carbons (Fsp3) is 0.240. The molecule has 0 atom stereocenters. The van der Waals surface area contributed by atoms with Gasteiger partial charge in [0, 0.05) is 12.4 Å². The number of aliphatic imine (C=N–C) groups is 2. The molecule has 174 valence electrons. The van der Waals surface area contributed by atoms with Crippen molar-refractivity contribution in [3.05, 3.63) is 71.2 Å². The lowest BCUT2D eigenvalue weighted by Gasteiger charge is -2.03. The second-order valence-electron chi connectivity index (χ2n) is 5.64. The van der Waals surface area contributed by atoms with Gasteiger partial charge in [0.15, 0.2) is 0 Å². The zero-order chi connectivity index (χ0) is 25.4. The van der Waals surface area contributed by atoms with E-state index < -0.39 is 5.97 Å². The van der Waals surface area contributed by atoms with Crippen LogP contribution >= 0.6 is 0 Å². The van der Waals surface area contributed by atoms with E-state index in [2.05, 4.69) is 33.5 Å². The van der Waals surface area contributed by atoms with Gasteiger partial charge in [0.25, 0.3) is 0 Å². The number of carboxylic acids is 1. The molecular weight excluding hydrogens is 416 g/mol. The number of aryl methyl sites for hydroxylation is 1. The van der Waals surface area contributed by atoms with Crippen LogP contribution in [0.15, 0.2) is 58.7 Å². The monoisotopic (exact) mass is 448 g/mol. The molecule has 0 unspecified atom stereocenters. The minimum Gasteiger partial charge on any atom is -0.478 e. The van der Waals surface area contributed by atoms with Crippen LogP contribution in [0.25, 0.3) is 11.3 Å². The van der Waals surface area contributed by atoms with E-state index in [0.29, 0.717) is 22.6 Å². The second kappa shape index (κ2) is 15.7. The molecule has 8 heteroatoms. The number of hydrogen-bond acceptors (Lipinski definition) is 6. The summed E-state index contributed by atoms with van der Waals surface area (Å²) in [5.41, 5.74) is 8.60. The van der Waals surface area contributed by atoms with Crippen molar-refractivity contribution >= 4 is 35.9 Å². The highest BCUT2D eigenvalue weighted by molar-refractivity contribution is 5.89. The molecule has 0 aliphatic carbocycles. The zero-order valence-corrected chi connectivity index (χ0v) is 20.1. The predicted molar refractivity (Wildman–Crippen MR) is 137 cm³/mol. The van der Waals surface area contributed by atoms with E-state index in [9.17, 15) is 4.79 Å². The van der Waals surface area contributed by atoms with Crippen LogP contribution in [0.4, 0.5) is 5.69 Å². The Balaban J connectivity index is 0.00000158. The zero-order valence-electron chi connectivity index (χ0n) is 20.1. The van der Waals surface area contributed by atoms with Crippen LogP contribution in [0.1, 0.15) is 55.0 Å². The number of aromatic carboxylic acids is 1. The van der Waals surface area contributed by atoms with Crippen molar-refractivity contribution in [2.24, 2.45) is 15.7 Å². The molecule has 8 nitrogen and oxygen atoms in total. The maximum absolute atomic E-state index is 10.9. The topological polar surface area (TPSA) is 129 Å². The number of carbonyl (C=O) groups is 1. The van der Waals surface area contributed by atoms with Gasteiger partial charge in [-0.1, -0.05) is 27.7 Å². The Morgan fingerprint density at radius 3 is 2.30 bits per heavy atom. The Morgan fingerprint density at radius 2 is 1.79 bits per heavy atom. The second-order valence-corrected chi connectivity index (χ2v) is 5.64. The van der Waals surface area contributed by atoms with Gasteiger partial charge in [0.1, 0.15) is 5.65 Å². The molecule has 0 saturated carbocycles. The number of pyridine rings is 1. The van der Waals surface area contributed by atoms with Crippen molar-refractivity contribution in [2.75, 3.05) is 7.05 Å². The molecule has 0 fully saturated rings.